The monoisotopic (exact) mass is 208 g/mol. The van der Waals surface area contributed by atoms with Crippen LogP contribution in [0.5, 0.6) is 0 Å². The van der Waals surface area contributed by atoms with E-state index in [1.54, 1.807) is 0 Å². The van der Waals surface area contributed by atoms with Crippen molar-refractivity contribution in [2.24, 2.45) is 0 Å². The Morgan fingerprint density at radius 3 is 2.75 bits per heavy atom. The van der Waals surface area contributed by atoms with E-state index in [1.807, 2.05) is 12.1 Å². The molecule has 0 spiro atoms. The summed E-state index contributed by atoms with van der Waals surface area (Å²) >= 11 is 0. The fraction of sp³-hybridized carbons (Fsp3) is 0.133. The zero-order valence-electron chi connectivity index (χ0n) is 8.94. The van der Waals surface area contributed by atoms with Crippen molar-refractivity contribution in [1.82, 2.24) is 0 Å². The predicted molar refractivity (Wildman–Crippen MR) is 65.9 cm³/mol. The Morgan fingerprint density at radius 2 is 1.88 bits per heavy atom. The van der Waals surface area contributed by atoms with E-state index in [4.69, 9.17) is 0 Å². The van der Waals surface area contributed by atoms with Gasteiger partial charge in [-0.15, -0.1) is 0 Å². The summed E-state index contributed by atoms with van der Waals surface area (Å²) in [5.41, 5.74) is 3.57. The van der Waals surface area contributed by atoms with Crippen molar-refractivity contribution in [3.63, 3.8) is 0 Å². The van der Waals surface area contributed by atoms with E-state index in [9.17, 15) is 4.79 Å². The fourth-order valence-corrected chi connectivity index (χ4v) is 2.37. The van der Waals surface area contributed by atoms with Gasteiger partial charge in [-0.3, -0.25) is 4.79 Å². The molecular weight excluding hydrogens is 196 g/mol. The summed E-state index contributed by atoms with van der Waals surface area (Å²) in [5.74, 6) is 0. The molecule has 0 amide bonds. The lowest BCUT2D eigenvalue weighted by Gasteiger charge is -2.14. The van der Waals surface area contributed by atoms with Gasteiger partial charge < -0.3 is 0 Å². The standard InChI is InChI=1S/C15H12O/c16-10-11-5-8-15-13(9-11)7-6-12-3-1-2-4-14(12)15/h1-2,5-10H,3-4H2. The summed E-state index contributed by atoms with van der Waals surface area (Å²) < 4.78 is 0. The lowest BCUT2D eigenvalue weighted by molar-refractivity contribution is 0.112. The number of hydrogen-bond acceptors (Lipinski definition) is 1. The van der Waals surface area contributed by atoms with Crippen molar-refractivity contribution in [2.45, 2.75) is 12.8 Å². The number of carbonyl (C=O) groups is 1. The minimum atomic E-state index is 0.749. The number of benzene rings is 2. The number of carbonyl (C=O) groups excluding carboxylic acids is 1. The van der Waals surface area contributed by atoms with E-state index in [1.165, 1.54) is 21.9 Å². The van der Waals surface area contributed by atoms with E-state index < -0.39 is 0 Å². The van der Waals surface area contributed by atoms with Crippen LogP contribution in [0.3, 0.4) is 0 Å². The molecule has 0 atom stereocenters. The first-order valence-electron chi connectivity index (χ1n) is 5.53. The van der Waals surface area contributed by atoms with Crippen LogP contribution in [0.1, 0.15) is 21.5 Å². The summed E-state index contributed by atoms with van der Waals surface area (Å²) in [6.07, 6.45) is 7.37. The van der Waals surface area contributed by atoms with Gasteiger partial charge >= 0.3 is 0 Å². The lowest BCUT2D eigenvalue weighted by Crippen LogP contribution is -1.98. The van der Waals surface area contributed by atoms with Gasteiger partial charge in [0.05, 0.1) is 0 Å². The van der Waals surface area contributed by atoms with Gasteiger partial charge in [-0.2, -0.15) is 0 Å². The molecule has 3 rings (SSSR count). The van der Waals surface area contributed by atoms with Crippen molar-refractivity contribution in [2.75, 3.05) is 0 Å². The average molecular weight is 208 g/mol. The molecule has 0 bridgehead atoms. The zero-order valence-corrected chi connectivity index (χ0v) is 8.94. The highest BCUT2D eigenvalue weighted by atomic mass is 16.1. The highest BCUT2D eigenvalue weighted by molar-refractivity contribution is 5.92. The molecule has 1 aliphatic carbocycles. The second-order valence-electron chi connectivity index (χ2n) is 4.18. The van der Waals surface area contributed by atoms with Crippen LogP contribution in [0.15, 0.2) is 42.5 Å². The average Bonchev–Trinajstić information content (AvgIpc) is 2.38. The Balaban J connectivity index is 2.30. The Labute approximate surface area is 94.4 Å². The van der Waals surface area contributed by atoms with Gasteiger partial charge in [-0.25, -0.2) is 0 Å². The number of fused-ring (bicyclic) bond motifs is 3. The Hall–Kier alpha value is -1.89. The molecule has 1 heteroatoms. The molecule has 0 saturated heterocycles. The number of rotatable bonds is 1. The second kappa shape index (κ2) is 3.60. The first kappa shape index (κ1) is 9.34. The Morgan fingerprint density at radius 1 is 1.00 bits per heavy atom. The highest BCUT2D eigenvalue weighted by Gasteiger charge is 2.08. The van der Waals surface area contributed by atoms with Crippen LogP contribution in [0, 0.1) is 0 Å². The molecule has 0 heterocycles. The topological polar surface area (TPSA) is 17.1 Å². The van der Waals surface area contributed by atoms with Gasteiger partial charge in [0, 0.05) is 5.56 Å². The van der Waals surface area contributed by atoms with Crippen molar-refractivity contribution in [1.29, 1.82) is 0 Å². The van der Waals surface area contributed by atoms with Crippen LogP contribution in [-0.2, 0) is 12.8 Å². The quantitative estimate of drug-likeness (QED) is 0.519. The fourth-order valence-electron chi connectivity index (χ4n) is 2.37. The molecule has 0 aromatic heterocycles. The zero-order chi connectivity index (χ0) is 11.0. The first-order chi connectivity index (χ1) is 7.88. The molecule has 2 aromatic carbocycles. The van der Waals surface area contributed by atoms with Crippen LogP contribution < -0.4 is 0 Å². The minimum absolute atomic E-state index is 0.749. The third-order valence-corrected chi connectivity index (χ3v) is 3.21. The SMILES string of the molecule is O=Cc1ccc2c3c(ccc2c1)CC=CC3. The van der Waals surface area contributed by atoms with Gasteiger partial charge in [0.1, 0.15) is 6.29 Å². The Bertz CT molecular complexity index is 594. The van der Waals surface area contributed by atoms with Crippen molar-refractivity contribution < 1.29 is 4.79 Å². The summed E-state index contributed by atoms with van der Waals surface area (Å²) in [6, 6.07) is 10.2. The Kier molecular flexibility index (Phi) is 2.10. The number of aldehydes is 1. The summed E-state index contributed by atoms with van der Waals surface area (Å²) in [7, 11) is 0. The number of allylic oxidation sites excluding steroid dienone is 2. The van der Waals surface area contributed by atoms with Gasteiger partial charge in [0.2, 0.25) is 0 Å². The molecule has 2 aromatic rings. The molecule has 0 N–H and O–H groups in total. The largest absolute Gasteiger partial charge is 0.298 e. The van der Waals surface area contributed by atoms with Crippen LogP contribution in [0.2, 0.25) is 0 Å². The maximum absolute atomic E-state index is 10.7. The van der Waals surface area contributed by atoms with Gasteiger partial charge in [-0.1, -0.05) is 36.4 Å². The third kappa shape index (κ3) is 1.36. The molecule has 0 saturated carbocycles. The van der Waals surface area contributed by atoms with E-state index in [2.05, 4.69) is 30.4 Å². The predicted octanol–water partition coefficient (Wildman–Crippen LogP) is 3.31. The lowest BCUT2D eigenvalue weighted by atomic mass is 9.91. The van der Waals surface area contributed by atoms with Gasteiger partial charge in [0.25, 0.3) is 0 Å². The first-order valence-corrected chi connectivity index (χ1v) is 5.53. The van der Waals surface area contributed by atoms with Gasteiger partial charge in [0.15, 0.2) is 0 Å². The minimum Gasteiger partial charge on any atom is -0.298 e. The summed E-state index contributed by atoms with van der Waals surface area (Å²) in [4.78, 5) is 10.7. The molecule has 1 aliphatic rings. The van der Waals surface area contributed by atoms with Gasteiger partial charge in [-0.05, 0) is 40.8 Å². The highest BCUT2D eigenvalue weighted by Crippen LogP contribution is 2.26. The van der Waals surface area contributed by atoms with E-state index in [-0.39, 0.29) is 0 Å². The molecule has 0 aliphatic heterocycles. The van der Waals surface area contributed by atoms with Crippen LogP contribution >= 0.6 is 0 Å². The van der Waals surface area contributed by atoms with E-state index in [0.29, 0.717) is 0 Å². The molecule has 0 fully saturated rings. The molecular formula is C15H12O. The second-order valence-corrected chi connectivity index (χ2v) is 4.18. The van der Waals surface area contributed by atoms with Crippen LogP contribution in [0.25, 0.3) is 10.8 Å². The molecule has 78 valence electrons. The molecule has 0 unspecified atom stereocenters. The normalized spacial score (nSPS) is 13.8. The van der Waals surface area contributed by atoms with E-state index >= 15 is 0 Å². The molecule has 16 heavy (non-hydrogen) atoms. The summed E-state index contributed by atoms with van der Waals surface area (Å²) in [6.45, 7) is 0. The van der Waals surface area contributed by atoms with Crippen molar-refractivity contribution in [3.8, 4) is 0 Å². The van der Waals surface area contributed by atoms with E-state index in [0.717, 1.165) is 24.7 Å². The number of hydrogen-bond donors (Lipinski definition) is 0. The molecule has 1 nitrogen and oxygen atoms in total. The third-order valence-electron chi connectivity index (χ3n) is 3.21. The smallest absolute Gasteiger partial charge is 0.150 e. The van der Waals surface area contributed by atoms with Crippen LogP contribution in [0.4, 0.5) is 0 Å². The van der Waals surface area contributed by atoms with Crippen LogP contribution in [-0.4, -0.2) is 6.29 Å². The van der Waals surface area contributed by atoms with Crippen molar-refractivity contribution in [3.05, 3.63) is 59.2 Å². The maximum Gasteiger partial charge on any atom is 0.150 e. The maximum atomic E-state index is 10.7. The molecule has 0 radical (unpaired) electrons. The summed E-state index contributed by atoms with van der Waals surface area (Å²) in [5, 5.41) is 2.45. The van der Waals surface area contributed by atoms with Crippen molar-refractivity contribution >= 4 is 17.1 Å².